The van der Waals surface area contributed by atoms with Gasteiger partial charge in [-0.25, -0.2) is 4.98 Å². The van der Waals surface area contributed by atoms with Crippen molar-refractivity contribution >= 4 is 0 Å². The number of imidazole rings is 1. The monoisotopic (exact) mass is 303 g/mol. The SMILES string of the molecule is CCc1ccc(CN2CCC([C@@H](O)c3nccn3C)CC2)o1. The first-order chi connectivity index (χ1) is 10.7. The van der Waals surface area contributed by atoms with Gasteiger partial charge in [0.15, 0.2) is 0 Å². The van der Waals surface area contributed by atoms with Gasteiger partial charge in [0.2, 0.25) is 0 Å². The molecule has 2 aromatic heterocycles. The van der Waals surface area contributed by atoms with Gasteiger partial charge in [-0.1, -0.05) is 6.92 Å². The number of aryl methyl sites for hydroxylation is 2. The molecule has 3 heterocycles. The van der Waals surface area contributed by atoms with Crippen LogP contribution in [-0.4, -0.2) is 32.6 Å². The second-order valence-corrected chi connectivity index (χ2v) is 6.18. The highest BCUT2D eigenvalue weighted by molar-refractivity contribution is 5.07. The van der Waals surface area contributed by atoms with E-state index < -0.39 is 6.10 Å². The number of aliphatic hydroxyl groups is 1. The summed E-state index contributed by atoms with van der Waals surface area (Å²) in [6.07, 6.45) is 6.10. The summed E-state index contributed by atoms with van der Waals surface area (Å²) in [6, 6.07) is 4.14. The van der Waals surface area contributed by atoms with Crippen molar-refractivity contribution in [1.29, 1.82) is 0 Å². The van der Waals surface area contributed by atoms with Crippen LogP contribution in [0.1, 0.15) is 43.2 Å². The molecule has 22 heavy (non-hydrogen) atoms. The Morgan fingerprint density at radius 2 is 2.05 bits per heavy atom. The summed E-state index contributed by atoms with van der Waals surface area (Å²) in [6.45, 7) is 4.96. The van der Waals surface area contributed by atoms with E-state index in [2.05, 4.69) is 28.9 Å². The van der Waals surface area contributed by atoms with E-state index in [0.717, 1.165) is 56.2 Å². The highest BCUT2D eigenvalue weighted by Crippen LogP contribution is 2.30. The Kier molecular flexibility index (Phi) is 4.64. The third-order valence-electron chi connectivity index (χ3n) is 4.65. The molecule has 0 radical (unpaired) electrons. The second kappa shape index (κ2) is 6.67. The van der Waals surface area contributed by atoms with Crippen molar-refractivity contribution in [3.63, 3.8) is 0 Å². The fourth-order valence-electron chi connectivity index (χ4n) is 3.22. The van der Waals surface area contributed by atoms with Crippen LogP contribution < -0.4 is 0 Å². The predicted octanol–water partition coefficient (Wildman–Crippen LogP) is 2.52. The molecule has 1 N–H and O–H groups in total. The minimum atomic E-state index is -0.461. The molecule has 120 valence electrons. The van der Waals surface area contributed by atoms with Crippen LogP contribution in [0.15, 0.2) is 28.9 Å². The largest absolute Gasteiger partial charge is 0.465 e. The fourth-order valence-corrected chi connectivity index (χ4v) is 3.22. The third kappa shape index (κ3) is 3.25. The number of piperidine rings is 1. The number of nitrogens with zero attached hydrogens (tertiary/aromatic N) is 3. The van der Waals surface area contributed by atoms with E-state index in [1.165, 1.54) is 0 Å². The van der Waals surface area contributed by atoms with Crippen LogP contribution >= 0.6 is 0 Å². The van der Waals surface area contributed by atoms with E-state index in [4.69, 9.17) is 4.42 Å². The normalized spacial score (nSPS) is 18.7. The molecule has 3 rings (SSSR count). The summed E-state index contributed by atoms with van der Waals surface area (Å²) in [5.74, 6) is 3.16. The zero-order valence-corrected chi connectivity index (χ0v) is 13.4. The van der Waals surface area contributed by atoms with Crippen LogP contribution in [-0.2, 0) is 20.0 Å². The molecular formula is C17H25N3O2. The smallest absolute Gasteiger partial charge is 0.137 e. The van der Waals surface area contributed by atoms with Crippen LogP contribution in [0.2, 0.25) is 0 Å². The van der Waals surface area contributed by atoms with Gasteiger partial charge in [-0.05, 0) is 44.0 Å². The highest BCUT2D eigenvalue weighted by atomic mass is 16.3. The Labute approximate surface area is 131 Å². The molecule has 2 aromatic rings. The van der Waals surface area contributed by atoms with E-state index >= 15 is 0 Å². The van der Waals surface area contributed by atoms with Gasteiger partial charge in [-0.3, -0.25) is 4.90 Å². The van der Waals surface area contributed by atoms with Crippen LogP contribution in [0, 0.1) is 5.92 Å². The molecule has 5 nitrogen and oxygen atoms in total. The number of furan rings is 1. The first kappa shape index (κ1) is 15.3. The second-order valence-electron chi connectivity index (χ2n) is 6.18. The van der Waals surface area contributed by atoms with Gasteiger partial charge in [0.25, 0.3) is 0 Å². The Morgan fingerprint density at radius 3 is 2.64 bits per heavy atom. The number of aromatic nitrogens is 2. The van der Waals surface area contributed by atoms with Crippen molar-refractivity contribution in [3.05, 3.63) is 41.9 Å². The maximum absolute atomic E-state index is 10.5. The lowest BCUT2D eigenvalue weighted by atomic mass is 9.90. The van der Waals surface area contributed by atoms with E-state index in [1.807, 2.05) is 17.8 Å². The maximum Gasteiger partial charge on any atom is 0.137 e. The van der Waals surface area contributed by atoms with E-state index in [1.54, 1.807) is 6.20 Å². The van der Waals surface area contributed by atoms with Crippen molar-refractivity contribution in [1.82, 2.24) is 14.5 Å². The van der Waals surface area contributed by atoms with Gasteiger partial charge in [0.1, 0.15) is 23.4 Å². The molecule has 0 amide bonds. The summed E-state index contributed by atoms with van der Waals surface area (Å²) < 4.78 is 7.69. The van der Waals surface area contributed by atoms with Crippen molar-refractivity contribution < 1.29 is 9.52 Å². The lowest BCUT2D eigenvalue weighted by Gasteiger charge is -2.33. The topological polar surface area (TPSA) is 54.4 Å². The van der Waals surface area contributed by atoms with E-state index in [-0.39, 0.29) is 0 Å². The van der Waals surface area contributed by atoms with Gasteiger partial charge in [-0.15, -0.1) is 0 Å². The zero-order valence-electron chi connectivity index (χ0n) is 13.4. The lowest BCUT2D eigenvalue weighted by molar-refractivity contribution is 0.0475. The summed E-state index contributed by atoms with van der Waals surface area (Å²) in [5, 5.41) is 10.5. The molecule has 1 atom stereocenters. The standard InChI is InChI=1S/C17H25N3O2/c1-3-14-4-5-15(22-14)12-20-9-6-13(7-10-20)16(21)17-18-8-11-19(17)2/h4-5,8,11,13,16,21H,3,6-7,9-10,12H2,1-2H3/t16-/m1/s1. The molecule has 0 aliphatic carbocycles. The molecule has 0 spiro atoms. The quantitative estimate of drug-likeness (QED) is 0.922. The van der Waals surface area contributed by atoms with Crippen LogP contribution in [0.25, 0.3) is 0 Å². The van der Waals surface area contributed by atoms with Gasteiger partial charge < -0.3 is 14.1 Å². The van der Waals surface area contributed by atoms with Crippen molar-refractivity contribution in [2.75, 3.05) is 13.1 Å². The minimum absolute atomic E-state index is 0.292. The molecule has 5 heteroatoms. The van der Waals surface area contributed by atoms with E-state index in [9.17, 15) is 5.11 Å². The van der Waals surface area contributed by atoms with Gasteiger partial charge in [-0.2, -0.15) is 0 Å². The summed E-state index contributed by atoms with van der Waals surface area (Å²) in [5.41, 5.74) is 0. The van der Waals surface area contributed by atoms with E-state index in [0.29, 0.717) is 5.92 Å². The fraction of sp³-hybridized carbons (Fsp3) is 0.588. The molecule has 0 aromatic carbocycles. The van der Waals surface area contributed by atoms with Crippen LogP contribution in [0.5, 0.6) is 0 Å². The van der Waals surface area contributed by atoms with Gasteiger partial charge in [0.05, 0.1) is 6.54 Å². The lowest BCUT2D eigenvalue weighted by Crippen LogP contribution is -2.35. The summed E-state index contributed by atoms with van der Waals surface area (Å²) in [7, 11) is 1.93. The molecular weight excluding hydrogens is 278 g/mol. The number of aliphatic hydroxyl groups excluding tert-OH is 1. The first-order valence-corrected chi connectivity index (χ1v) is 8.12. The molecule has 0 unspecified atom stereocenters. The molecule has 1 fully saturated rings. The molecule has 1 aliphatic heterocycles. The Bertz CT molecular complexity index is 597. The zero-order chi connectivity index (χ0) is 15.5. The van der Waals surface area contributed by atoms with Crippen molar-refractivity contribution in [2.24, 2.45) is 13.0 Å². The predicted molar refractivity (Wildman–Crippen MR) is 84.3 cm³/mol. The van der Waals surface area contributed by atoms with Crippen LogP contribution in [0.3, 0.4) is 0 Å². The Hall–Kier alpha value is -1.59. The molecule has 1 saturated heterocycles. The van der Waals surface area contributed by atoms with Gasteiger partial charge >= 0.3 is 0 Å². The Balaban J connectivity index is 1.53. The van der Waals surface area contributed by atoms with Gasteiger partial charge in [0, 0.05) is 25.9 Å². The highest BCUT2D eigenvalue weighted by Gasteiger charge is 2.28. The molecule has 0 saturated carbocycles. The van der Waals surface area contributed by atoms with Crippen LogP contribution in [0.4, 0.5) is 0 Å². The Morgan fingerprint density at radius 1 is 1.32 bits per heavy atom. The average Bonchev–Trinajstić information content (AvgIpc) is 3.16. The maximum atomic E-state index is 10.5. The molecule has 0 bridgehead atoms. The molecule has 1 aliphatic rings. The summed E-state index contributed by atoms with van der Waals surface area (Å²) in [4.78, 5) is 6.68. The number of hydrogen-bond donors (Lipinski definition) is 1. The number of hydrogen-bond acceptors (Lipinski definition) is 4. The third-order valence-corrected chi connectivity index (χ3v) is 4.65. The first-order valence-electron chi connectivity index (χ1n) is 8.12. The average molecular weight is 303 g/mol. The van der Waals surface area contributed by atoms with Crippen molar-refractivity contribution in [2.45, 2.75) is 38.8 Å². The number of rotatable bonds is 5. The summed E-state index contributed by atoms with van der Waals surface area (Å²) >= 11 is 0. The minimum Gasteiger partial charge on any atom is -0.465 e. The number of likely N-dealkylation sites (tertiary alicyclic amines) is 1. The van der Waals surface area contributed by atoms with Crippen molar-refractivity contribution in [3.8, 4) is 0 Å².